The highest BCUT2D eigenvalue weighted by atomic mass is 35.5. The molecule has 0 aromatic heterocycles. The van der Waals surface area contributed by atoms with Crippen LogP contribution in [0.2, 0.25) is 10.0 Å². The molecule has 0 heterocycles. The Morgan fingerprint density at radius 3 is 2.45 bits per heavy atom. The lowest BCUT2D eigenvalue weighted by atomic mass is 10.3. The van der Waals surface area contributed by atoms with E-state index in [9.17, 15) is 8.42 Å². The summed E-state index contributed by atoms with van der Waals surface area (Å²) in [4.78, 5) is -0.0956. The van der Waals surface area contributed by atoms with Crippen LogP contribution >= 0.6 is 35.0 Å². The van der Waals surface area contributed by atoms with E-state index in [1.54, 1.807) is 11.8 Å². The summed E-state index contributed by atoms with van der Waals surface area (Å²) in [7, 11) is -3.75. The average Bonchev–Trinajstić information content (AvgIpc) is 2.73. The Hall–Kier alpha value is -0.140. The van der Waals surface area contributed by atoms with E-state index in [2.05, 4.69) is 4.72 Å². The number of nitrogen functional groups attached to an aromatic ring is 1. The maximum atomic E-state index is 12.5. The summed E-state index contributed by atoms with van der Waals surface area (Å²) in [6.07, 6.45) is 4.84. The van der Waals surface area contributed by atoms with Crippen molar-refractivity contribution in [1.82, 2.24) is 4.72 Å². The first-order valence-corrected chi connectivity index (χ1v) is 9.67. The van der Waals surface area contributed by atoms with Gasteiger partial charge in [0.1, 0.15) is 4.90 Å². The number of thioether (sulfide) groups is 1. The Morgan fingerprint density at radius 1 is 1.30 bits per heavy atom. The van der Waals surface area contributed by atoms with Gasteiger partial charge < -0.3 is 5.73 Å². The van der Waals surface area contributed by atoms with Crippen molar-refractivity contribution in [2.75, 3.05) is 12.0 Å². The lowest BCUT2D eigenvalue weighted by Gasteiger charge is -2.20. The minimum atomic E-state index is -3.75. The number of nitrogens with two attached hydrogens (primary N) is 1. The predicted molar refractivity (Wildman–Crippen MR) is 86.1 cm³/mol. The van der Waals surface area contributed by atoms with Gasteiger partial charge in [-0.15, -0.1) is 0 Å². The Labute approximate surface area is 133 Å². The molecule has 1 aromatic carbocycles. The van der Waals surface area contributed by atoms with Gasteiger partial charge in [-0.3, -0.25) is 0 Å². The molecule has 1 saturated carbocycles. The molecule has 1 aliphatic rings. The molecule has 112 valence electrons. The summed E-state index contributed by atoms with van der Waals surface area (Å²) in [6, 6.07) is 2.70. The number of hydrogen-bond donors (Lipinski definition) is 2. The van der Waals surface area contributed by atoms with Crippen LogP contribution in [0.3, 0.4) is 0 Å². The summed E-state index contributed by atoms with van der Waals surface area (Å²) in [6.45, 7) is 0. The van der Waals surface area contributed by atoms with Crippen molar-refractivity contribution in [2.24, 2.45) is 0 Å². The second-order valence-electron chi connectivity index (χ2n) is 4.75. The van der Waals surface area contributed by atoms with E-state index in [4.69, 9.17) is 28.9 Å². The number of sulfonamides is 1. The zero-order valence-corrected chi connectivity index (χ0v) is 14.0. The largest absolute Gasteiger partial charge is 0.399 e. The van der Waals surface area contributed by atoms with E-state index < -0.39 is 10.0 Å². The minimum Gasteiger partial charge on any atom is -0.399 e. The van der Waals surface area contributed by atoms with Crippen LogP contribution in [0.5, 0.6) is 0 Å². The second kappa shape index (κ2) is 6.32. The number of hydrogen-bond acceptors (Lipinski definition) is 4. The highest BCUT2D eigenvalue weighted by Crippen LogP contribution is 2.34. The third-order valence-corrected chi connectivity index (χ3v) is 6.93. The lowest BCUT2D eigenvalue weighted by molar-refractivity contribution is 0.555. The molecule has 4 nitrogen and oxygen atoms in total. The Morgan fingerprint density at radius 2 is 1.90 bits per heavy atom. The smallest absolute Gasteiger partial charge is 0.243 e. The third-order valence-electron chi connectivity index (χ3n) is 3.35. The van der Waals surface area contributed by atoms with Crippen molar-refractivity contribution in [2.45, 2.75) is 35.4 Å². The number of halogens is 2. The molecule has 2 atom stereocenters. The van der Waals surface area contributed by atoms with Crippen molar-refractivity contribution < 1.29 is 8.42 Å². The van der Waals surface area contributed by atoms with Crippen LogP contribution < -0.4 is 10.5 Å². The van der Waals surface area contributed by atoms with E-state index >= 15 is 0 Å². The maximum Gasteiger partial charge on any atom is 0.243 e. The monoisotopic (exact) mass is 354 g/mol. The van der Waals surface area contributed by atoms with Crippen molar-refractivity contribution >= 4 is 50.7 Å². The molecule has 1 fully saturated rings. The fraction of sp³-hybridized carbons (Fsp3) is 0.500. The van der Waals surface area contributed by atoms with Crippen LogP contribution in [0.4, 0.5) is 5.69 Å². The zero-order chi connectivity index (χ0) is 14.9. The van der Waals surface area contributed by atoms with Gasteiger partial charge in [-0.2, -0.15) is 11.8 Å². The minimum absolute atomic E-state index is 0.0428. The van der Waals surface area contributed by atoms with Crippen LogP contribution in [0.15, 0.2) is 17.0 Å². The Kier molecular flexibility index (Phi) is 5.13. The normalized spacial score (nSPS) is 23.1. The fourth-order valence-corrected chi connectivity index (χ4v) is 6.00. The summed E-state index contributed by atoms with van der Waals surface area (Å²) in [5.74, 6) is 0. The van der Waals surface area contributed by atoms with E-state index in [0.717, 1.165) is 19.3 Å². The van der Waals surface area contributed by atoms with Gasteiger partial charge in [0.25, 0.3) is 0 Å². The van der Waals surface area contributed by atoms with E-state index in [1.807, 2.05) is 6.26 Å². The topological polar surface area (TPSA) is 72.2 Å². The van der Waals surface area contributed by atoms with Gasteiger partial charge in [-0.05, 0) is 31.2 Å². The number of nitrogens with one attached hydrogen (secondary N) is 1. The molecule has 20 heavy (non-hydrogen) atoms. The van der Waals surface area contributed by atoms with Crippen molar-refractivity contribution in [3.05, 3.63) is 22.2 Å². The molecule has 1 aromatic rings. The molecule has 0 amide bonds. The van der Waals surface area contributed by atoms with E-state index in [0.29, 0.717) is 5.69 Å². The first-order chi connectivity index (χ1) is 9.35. The van der Waals surface area contributed by atoms with Gasteiger partial charge in [0.2, 0.25) is 10.0 Å². The Bertz CT molecular complexity index is 584. The molecular weight excluding hydrogens is 339 g/mol. The van der Waals surface area contributed by atoms with Gasteiger partial charge in [0.05, 0.1) is 10.0 Å². The standard InChI is InChI=1S/C12H16Cl2N2O2S2/c1-19-11-4-2-3-10(11)16-20(17,18)12-8(13)5-7(15)6-9(12)14/h5-6,10-11,16H,2-4,15H2,1H3. The number of anilines is 1. The van der Waals surface area contributed by atoms with Gasteiger partial charge in [-0.25, -0.2) is 13.1 Å². The zero-order valence-electron chi connectivity index (χ0n) is 10.9. The molecule has 1 aliphatic carbocycles. The van der Waals surface area contributed by atoms with Gasteiger partial charge in [-0.1, -0.05) is 29.6 Å². The quantitative estimate of drug-likeness (QED) is 0.814. The fourth-order valence-electron chi connectivity index (χ4n) is 2.44. The number of rotatable bonds is 4. The van der Waals surface area contributed by atoms with Gasteiger partial charge in [0, 0.05) is 17.0 Å². The first kappa shape index (κ1) is 16.2. The first-order valence-electron chi connectivity index (χ1n) is 6.15. The molecule has 0 radical (unpaired) electrons. The van der Waals surface area contributed by atoms with Crippen LogP contribution in [0.25, 0.3) is 0 Å². The second-order valence-corrected chi connectivity index (χ2v) is 8.29. The summed E-state index contributed by atoms with van der Waals surface area (Å²) >= 11 is 13.6. The molecule has 0 saturated heterocycles. The highest BCUT2D eigenvalue weighted by molar-refractivity contribution is 7.99. The van der Waals surface area contributed by atoms with Crippen molar-refractivity contribution in [1.29, 1.82) is 0 Å². The molecule has 0 aliphatic heterocycles. The van der Waals surface area contributed by atoms with Crippen LogP contribution in [-0.2, 0) is 10.0 Å². The summed E-state index contributed by atoms with van der Waals surface area (Å²) < 4.78 is 27.7. The van der Waals surface area contributed by atoms with Crippen LogP contribution in [0.1, 0.15) is 19.3 Å². The van der Waals surface area contributed by atoms with E-state index in [-0.39, 0.29) is 26.2 Å². The van der Waals surface area contributed by atoms with E-state index in [1.165, 1.54) is 12.1 Å². The van der Waals surface area contributed by atoms with Crippen molar-refractivity contribution in [3.63, 3.8) is 0 Å². The molecule has 2 rings (SSSR count). The van der Waals surface area contributed by atoms with Gasteiger partial charge >= 0.3 is 0 Å². The number of benzene rings is 1. The molecule has 2 unspecified atom stereocenters. The molecule has 3 N–H and O–H groups in total. The van der Waals surface area contributed by atoms with Crippen LogP contribution in [0, 0.1) is 0 Å². The van der Waals surface area contributed by atoms with Crippen LogP contribution in [-0.4, -0.2) is 26.0 Å². The summed E-state index contributed by atoms with van der Waals surface area (Å²) in [5, 5.41) is 0.374. The van der Waals surface area contributed by atoms with Gasteiger partial charge in [0.15, 0.2) is 0 Å². The predicted octanol–water partition coefficient (Wildman–Crippen LogP) is 3.14. The summed E-state index contributed by atoms with van der Waals surface area (Å²) in [5.41, 5.74) is 5.93. The Balaban J connectivity index is 2.32. The molecule has 0 spiro atoms. The highest BCUT2D eigenvalue weighted by Gasteiger charge is 2.32. The maximum absolute atomic E-state index is 12.5. The molecule has 0 bridgehead atoms. The molecular formula is C12H16Cl2N2O2S2. The molecule has 8 heteroatoms. The third kappa shape index (κ3) is 3.36. The van der Waals surface area contributed by atoms with Crippen molar-refractivity contribution in [3.8, 4) is 0 Å². The average molecular weight is 355 g/mol. The lowest BCUT2D eigenvalue weighted by Crippen LogP contribution is -2.38. The SMILES string of the molecule is CSC1CCCC1NS(=O)(=O)c1c(Cl)cc(N)cc1Cl.